The number of ether oxygens (including phenoxy) is 2. The summed E-state index contributed by atoms with van der Waals surface area (Å²) in [4.78, 5) is 2.27. The summed E-state index contributed by atoms with van der Waals surface area (Å²) in [5.74, 6) is 1.99. The van der Waals surface area contributed by atoms with Crippen LogP contribution in [0.15, 0.2) is 30.0 Å². The zero-order valence-electron chi connectivity index (χ0n) is 12.3. The van der Waals surface area contributed by atoms with Crippen LogP contribution in [-0.4, -0.2) is 38.3 Å². The van der Waals surface area contributed by atoms with E-state index >= 15 is 0 Å². The molecule has 0 radical (unpaired) electrons. The van der Waals surface area contributed by atoms with Crippen molar-refractivity contribution in [2.24, 2.45) is 0 Å². The molecule has 2 rings (SSSR count). The molecule has 19 heavy (non-hydrogen) atoms. The second-order valence-corrected chi connectivity index (χ2v) is 5.29. The largest absolute Gasteiger partial charge is 0.499 e. The molecule has 0 aromatic heterocycles. The maximum atomic E-state index is 5.76. The Bertz CT molecular complexity index is 466. The molecule has 3 heteroatoms. The van der Waals surface area contributed by atoms with Crippen molar-refractivity contribution in [3.05, 3.63) is 35.6 Å². The van der Waals surface area contributed by atoms with Crippen molar-refractivity contribution < 1.29 is 9.47 Å². The molecule has 1 aliphatic heterocycles. The van der Waals surface area contributed by atoms with Crippen LogP contribution in [0.5, 0.6) is 5.75 Å². The van der Waals surface area contributed by atoms with E-state index in [1.807, 2.05) is 26.0 Å². The van der Waals surface area contributed by atoms with Crippen molar-refractivity contribution >= 4 is 5.57 Å². The van der Waals surface area contributed by atoms with E-state index in [-0.39, 0.29) is 6.10 Å². The lowest BCUT2D eigenvalue weighted by molar-refractivity contribution is 0.225. The fraction of sp³-hybridized carbons (Fsp3) is 0.500. The third kappa shape index (κ3) is 3.51. The Morgan fingerprint density at radius 3 is 2.74 bits per heavy atom. The van der Waals surface area contributed by atoms with E-state index in [1.54, 1.807) is 7.11 Å². The third-order valence-electron chi connectivity index (χ3n) is 3.29. The molecule has 0 fully saturated rings. The number of methoxy groups -OCH3 is 1. The molecule has 0 atom stereocenters. The molecule has 0 saturated carbocycles. The highest BCUT2D eigenvalue weighted by Gasteiger charge is 2.18. The van der Waals surface area contributed by atoms with Crippen LogP contribution in [-0.2, 0) is 4.74 Å². The minimum atomic E-state index is 0.198. The molecular formula is C16H23NO2. The molecule has 0 bridgehead atoms. The van der Waals surface area contributed by atoms with Gasteiger partial charge in [-0.05, 0) is 50.6 Å². The second kappa shape index (κ2) is 6.11. The Kier molecular flexibility index (Phi) is 4.48. The fourth-order valence-electron chi connectivity index (χ4n) is 2.38. The van der Waals surface area contributed by atoms with E-state index in [4.69, 9.17) is 9.47 Å². The van der Waals surface area contributed by atoms with Gasteiger partial charge < -0.3 is 9.47 Å². The van der Waals surface area contributed by atoms with Crippen molar-refractivity contribution in [1.82, 2.24) is 4.90 Å². The number of likely N-dealkylation sites (N-methyl/N-ethyl adjacent to an activating group) is 1. The van der Waals surface area contributed by atoms with Gasteiger partial charge in [-0.2, -0.15) is 0 Å². The van der Waals surface area contributed by atoms with Gasteiger partial charge in [0.1, 0.15) is 11.5 Å². The van der Waals surface area contributed by atoms with Gasteiger partial charge in [0.25, 0.3) is 0 Å². The Hall–Kier alpha value is -1.48. The summed E-state index contributed by atoms with van der Waals surface area (Å²) in [5, 5.41) is 0. The average molecular weight is 261 g/mol. The number of rotatable bonds is 4. The quantitative estimate of drug-likeness (QED) is 0.831. The average Bonchev–Trinajstić information content (AvgIpc) is 2.38. The summed E-state index contributed by atoms with van der Waals surface area (Å²) < 4.78 is 11.3. The Labute approximate surface area is 115 Å². The van der Waals surface area contributed by atoms with E-state index in [2.05, 4.69) is 24.1 Å². The van der Waals surface area contributed by atoms with Gasteiger partial charge >= 0.3 is 0 Å². The molecule has 0 N–H and O–H groups in total. The molecule has 3 nitrogen and oxygen atoms in total. The summed E-state index contributed by atoms with van der Waals surface area (Å²) >= 11 is 0. The first-order valence-electron chi connectivity index (χ1n) is 6.82. The van der Waals surface area contributed by atoms with E-state index in [1.165, 1.54) is 11.1 Å². The van der Waals surface area contributed by atoms with Crippen LogP contribution in [0.1, 0.15) is 25.8 Å². The highest BCUT2D eigenvalue weighted by Crippen LogP contribution is 2.29. The maximum absolute atomic E-state index is 5.76. The monoisotopic (exact) mass is 261 g/mol. The predicted molar refractivity (Wildman–Crippen MR) is 78.2 cm³/mol. The lowest BCUT2D eigenvalue weighted by Crippen LogP contribution is -2.28. The van der Waals surface area contributed by atoms with Gasteiger partial charge in [0.15, 0.2) is 0 Å². The molecule has 0 saturated heterocycles. The highest BCUT2D eigenvalue weighted by molar-refractivity contribution is 5.69. The van der Waals surface area contributed by atoms with Gasteiger partial charge in [-0.1, -0.05) is 12.1 Å². The van der Waals surface area contributed by atoms with Crippen LogP contribution >= 0.6 is 0 Å². The fourth-order valence-corrected chi connectivity index (χ4v) is 2.38. The van der Waals surface area contributed by atoms with Gasteiger partial charge in [0, 0.05) is 6.54 Å². The number of hydrogen-bond donors (Lipinski definition) is 0. The SMILES string of the molecule is COC1=C(c2cccc(OC(C)C)c2)CCN(C)C1. The standard InChI is InChI=1S/C16H23NO2/c1-12(2)19-14-7-5-6-13(10-14)15-8-9-17(3)11-16(15)18-4/h5-7,10,12H,8-9,11H2,1-4H3. The van der Waals surface area contributed by atoms with Crippen molar-refractivity contribution in [3.8, 4) is 5.75 Å². The molecule has 0 unspecified atom stereocenters. The van der Waals surface area contributed by atoms with Crippen molar-refractivity contribution in [3.63, 3.8) is 0 Å². The Morgan fingerprint density at radius 1 is 1.26 bits per heavy atom. The topological polar surface area (TPSA) is 21.7 Å². The third-order valence-corrected chi connectivity index (χ3v) is 3.29. The molecule has 1 aromatic rings. The predicted octanol–water partition coefficient (Wildman–Crippen LogP) is 3.17. The molecule has 0 aliphatic carbocycles. The van der Waals surface area contributed by atoms with Crippen LogP contribution < -0.4 is 4.74 Å². The van der Waals surface area contributed by atoms with Crippen molar-refractivity contribution in [2.75, 3.05) is 27.2 Å². The Morgan fingerprint density at radius 2 is 2.05 bits per heavy atom. The number of nitrogens with zero attached hydrogens (tertiary/aromatic N) is 1. The zero-order chi connectivity index (χ0) is 13.8. The minimum absolute atomic E-state index is 0.198. The number of hydrogen-bond acceptors (Lipinski definition) is 3. The molecular weight excluding hydrogens is 238 g/mol. The lowest BCUT2D eigenvalue weighted by atomic mass is 9.98. The molecule has 1 aromatic carbocycles. The first-order valence-corrected chi connectivity index (χ1v) is 6.82. The first-order chi connectivity index (χ1) is 9.10. The summed E-state index contributed by atoms with van der Waals surface area (Å²) in [5.41, 5.74) is 2.51. The smallest absolute Gasteiger partial charge is 0.120 e. The van der Waals surface area contributed by atoms with Crippen molar-refractivity contribution in [2.45, 2.75) is 26.4 Å². The summed E-state index contributed by atoms with van der Waals surface area (Å²) in [6.45, 7) is 6.03. The zero-order valence-corrected chi connectivity index (χ0v) is 12.3. The minimum Gasteiger partial charge on any atom is -0.499 e. The first kappa shape index (κ1) is 13.9. The van der Waals surface area contributed by atoms with Gasteiger partial charge in [-0.25, -0.2) is 0 Å². The van der Waals surface area contributed by atoms with Gasteiger partial charge in [-0.3, -0.25) is 4.90 Å². The molecule has 0 spiro atoms. The van der Waals surface area contributed by atoms with Crippen LogP contribution in [0.3, 0.4) is 0 Å². The van der Waals surface area contributed by atoms with E-state index < -0.39 is 0 Å². The van der Waals surface area contributed by atoms with Crippen LogP contribution in [0.2, 0.25) is 0 Å². The van der Waals surface area contributed by atoms with E-state index in [0.29, 0.717) is 0 Å². The maximum Gasteiger partial charge on any atom is 0.120 e. The Balaban J connectivity index is 2.29. The second-order valence-electron chi connectivity index (χ2n) is 5.29. The summed E-state index contributed by atoms with van der Waals surface area (Å²) in [7, 11) is 3.87. The van der Waals surface area contributed by atoms with Gasteiger partial charge in [0.2, 0.25) is 0 Å². The molecule has 1 heterocycles. The summed E-state index contributed by atoms with van der Waals surface area (Å²) in [6, 6.07) is 8.30. The normalized spacial score (nSPS) is 16.9. The summed E-state index contributed by atoms with van der Waals surface area (Å²) in [6.07, 6.45) is 1.22. The van der Waals surface area contributed by atoms with E-state index in [0.717, 1.165) is 31.0 Å². The highest BCUT2D eigenvalue weighted by atomic mass is 16.5. The van der Waals surface area contributed by atoms with Crippen LogP contribution in [0, 0.1) is 0 Å². The molecule has 104 valence electrons. The van der Waals surface area contributed by atoms with Crippen LogP contribution in [0.4, 0.5) is 0 Å². The lowest BCUT2D eigenvalue weighted by Gasteiger charge is -2.27. The molecule has 0 amide bonds. The van der Waals surface area contributed by atoms with Gasteiger partial charge in [0.05, 0.1) is 19.8 Å². The number of benzene rings is 1. The van der Waals surface area contributed by atoms with Gasteiger partial charge in [-0.15, -0.1) is 0 Å². The molecule has 1 aliphatic rings. The van der Waals surface area contributed by atoms with E-state index in [9.17, 15) is 0 Å². The van der Waals surface area contributed by atoms with Crippen molar-refractivity contribution in [1.29, 1.82) is 0 Å². The van der Waals surface area contributed by atoms with Crippen LogP contribution in [0.25, 0.3) is 5.57 Å².